The van der Waals surface area contributed by atoms with E-state index in [1.807, 2.05) is 0 Å². The van der Waals surface area contributed by atoms with Gasteiger partial charge in [-0.15, -0.1) is 0 Å². The highest BCUT2D eigenvalue weighted by Crippen LogP contribution is 2.25. The third kappa shape index (κ3) is 2.94. The first-order valence-corrected chi connectivity index (χ1v) is 8.07. The number of amides is 1. The van der Waals surface area contributed by atoms with Crippen molar-refractivity contribution in [3.63, 3.8) is 0 Å². The molecule has 0 atom stereocenters. The van der Waals surface area contributed by atoms with E-state index in [-0.39, 0.29) is 17.3 Å². The van der Waals surface area contributed by atoms with E-state index >= 15 is 0 Å². The van der Waals surface area contributed by atoms with Gasteiger partial charge in [-0.3, -0.25) is 4.79 Å². The molecule has 110 valence electrons. The van der Waals surface area contributed by atoms with Crippen LogP contribution in [0.2, 0.25) is 0 Å². The Hall–Kier alpha value is -1.60. The zero-order chi connectivity index (χ0) is 14.8. The quantitative estimate of drug-likeness (QED) is 0.763. The highest BCUT2D eigenvalue weighted by molar-refractivity contribution is 7.92. The Morgan fingerprint density at radius 2 is 1.75 bits per heavy atom. The van der Waals surface area contributed by atoms with Gasteiger partial charge in [0.25, 0.3) is 0 Å². The number of carbonyl (C=O) groups excluding carboxylic acids is 1. The first-order chi connectivity index (χ1) is 9.45. The number of hydrogen-bond donors (Lipinski definition) is 2. The summed E-state index contributed by atoms with van der Waals surface area (Å²) in [6.07, 6.45) is 0.886. The molecule has 20 heavy (non-hydrogen) atoms. The molecule has 4 N–H and O–H groups in total. The third-order valence-electron chi connectivity index (χ3n) is 3.62. The number of nitrogen functional groups attached to an aromatic ring is 1. The lowest BCUT2D eigenvalue weighted by Crippen LogP contribution is -2.44. The van der Waals surface area contributed by atoms with Crippen LogP contribution in [0.4, 0.5) is 5.69 Å². The molecule has 0 unspecified atom stereocenters. The van der Waals surface area contributed by atoms with E-state index in [4.69, 9.17) is 11.5 Å². The van der Waals surface area contributed by atoms with Crippen LogP contribution < -0.4 is 11.5 Å². The lowest BCUT2D eigenvalue weighted by molar-refractivity contribution is -0.130. The van der Waals surface area contributed by atoms with Gasteiger partial charge in [-0.25, -0.2) is 8.42 Å². The molecule has 1 aromatic rings. The fourth-order valence-electron chi connectivity index (χ4n) is 2.39. The molecular formula is C13H19N3O3S. The molecule has 0 spiro atoms. The van der Waals surface area contributed by atoms with Crippen LogP contribution in [0.15, 0.2) is 29.2 Å². The number of nitrogens with zero attached hydrogens (tertiary/aromatic N) is 1. The minimum Gasteiger partial charge on any atom is -0.399 e. The first-order valence-electron chi connectivity index (χ1n) is 6.52. The van der Waals surface area contributed by atoms with E-state index in [1.54, 1.807) is 17.0 Å². The number of hydrogen-bond acceptors (Lipinski definition) is 5. The summed E-state index contributed by atoms with van der Waals surface area (Å²) in [7, 11) is -3.36. The van der Waals surface area contributed by atoms with Gasteiger partial charge in [0.2, 0.25) is 5.91 Å². The summed E-state index contributed by atoms with van der Waals surface area (Å²) in [4.78, 5) is 13.4. The minimum atomic E-state index is -3.36. The Kier molecular flexibility index (Phi) is 4.29. The van der Waals surface area contributed by atoms with E-state index < -0.39 is 15.1 Å². The van der Waals surface area contributed by atoms with Crippen molar-refractivity contribution in [2.45, 2.75) is 23.0 Å². The van der Waals surface area contributed by atoms with Crippen molar-refractivity contribution in [1.82, 2.24) is 4.90 Å². The van der Waals surface area contributed by atoms with Crippen LogP contribution in [-0.2, 0) is 14.6 Å². The number of rotatable bonds is 3. The van der Waals surface area contributed by atoms with Crippen LogP contribution in [-0.4, -0.2) is 44.1 Å². The molecule has 0 saturated carbocycles. The van der Waals surface area contributed by atoms with Gasteiger partial charge in [-0.2, -0.15) is 0 Å². The Balaban J connectivity index is 2.09. The molecule has 1 amide bonds. The topological polar surface area (TPSA) is 106 Å². The highest BCUT2D eigenvalue weighted by Gasteiger charge is 2.32. The van der Waals surface area contributed by atoms with E-state index in [0.717, 1.165) is 0 Å². The Labute approximate surface area is 118 Å². The molecule has 1 aliphatic heterocycles. The first kappa shape index (κ1) is 14.8. The van der Waals surface area contributed by atoms with Crippen molar-refractivity contribution in [2.75, 3.05) is 25.4 Å². The second-order valence-electron chi connectivity index (χ2n) is 4.90. The van der Waals surface area contributed by atoms with Crippen molar-refractivity contribution in [3.8, 4) is 0 Å². The summed E-state index contributed by atoms with van der Waals surface area (Å²) in [5.74, 6) is -0.131. The monoisotopic (exact) mass is 297 g/mol. The van der Waals surface area contributed by atoms with Crippen molar-refractivity contribution in [3.05, 3.63) is 24.3 Å². The SMILES string of the molecule is NCC(=O)N1CCC(S(=O)(=O)c2ccc(N)cc2)CC1. The van der Waals surface area contributed by atoms with Gasteiger partial charge >= 0.3 is 0 Å². The molecular weight excluding hydrogens is 278 g/mol. The lowest BCUT2D eigenvalue weighted by Gasteiger charge is -2.31. The minimum absolute atomic E-state index is 0.0324. The maximum absolute atomic E-state index is 12.5. The normalized spacial score (nSPS) is 17.1. The highest BCUT2D eigenvalue weighted by atomic mass is 32.2. The molecule has 7 heteroatoms. The van der Waals surface area contributed by atoms with Gasteiger partial charge in [-0.05, 0) is 37.1 Å². The molecule has 0 aliphatic carbocycles. The predicted octanol–water partition coefficient (Wildman–Crippen LogP) is -0.00780. The number of carbonyl (C=O) groups is 1. The van der Waals surface area contributed by atoms with Gasteiger partial charge in [0.05, 0.1) is 16.7 Å². The summed E-state index contributed by atoms with van der Waals surface area (Å²) < 4.78 is 25.0. The number of nitrogens with two attached hydrogens (primary N) is 2. The molecule has 1 fully saturated rings. The molecule has 0 radical (unpaired) electrons. The fourth-order valence-corrected chi connectivity index (χ4v) is 4.13. The number of likely N-dealkylation sites (tertiary alicyclic amines) is 1. The summed E-state index contributed by atoms with van der Waals surface area (Å²) in [6, 6.07) is 6.23. The predicted molar refractivity (Wildman–Crippen MR) is 76.7 cm³/mol. The van der Waals surface area contributed by atoms with Crippen LogP contribution in [0, 0.1) is 0 Å². The molecule has 1 saturated heterocycles. The van der Waals surface area contributed by atoms with Gasteiger partial charge < -0.3 is 16.4 Å². The van der Waals surface area contributed by atoms with Crippen molar-refractivity contribution in [2.24, 2.45) is 5.73 Å². The van der Waals surface area contributed by atoms with Gasteiger partial charge in [0.15, 0.2) is 9.84 Å². The number of piperidine rings is 1. The van der Waals surface area contributed by atoms with Crippen molar-refractivity contribution >= 4 is 21.4 Å². The van der Waals surface area contributed by atoms with E-state index in [9.17, 15) is 13.2 Å². The zero-order valence-electron chi connectivity index (χ0n) is 11.2. The van der Waals surface area contributed by atoms with E-state index in [0.29, 0.717) is 31.6 Å². The summed E-state index contributed by atoms with van der Waals surface area (Å²) >= 11 is 0. The van der Waals surface area contributed by atoms with Gasteiger partial charge in [-0.1, -0.05) is 0 Å². The van der Waals surface area contributed by atoms with E-state index in [1.165, 1.54) is 12.1 Å². The molecule has 0 bridgehead atoms. The van der Waals surface area contributed by atoms with Crippen LogP contribution in [0.5, 0.6) is 0 Å². The molecule has 1 aliphatic rings. The Morgan fingerprint density at radius 3 is 2.25 bits per heavy atom. The smallest absolute Gasteiger partial charge is 0.236 e. The lowest BCUT2D eigenvalue weighted by atomic mass is 10.1. The van der Waals surface area contributed by atoms with Crippen LogP contribution in [0.25, 0.3) is 0 Å². The molecule has 0 aromatic heterocycles. The summed E-state index contributed by atoms with van der Waals surface area (Å²) in [5, 5.41) is -0.451. The standard InChI is InChI=1S/C13H19N3O3S/c14-9-13(17)16-7-5-12(6-8-16)20(18,19)11-3-1-10(15)2-4-11/h1-4,12H,5-9,14-15H2. The number of sulfone groups is 1. The number of anilines is 1. The van der Waals surface area contributed by atoms with Gasteiger partial charge in [0.1, 0.15) is 0 Å². The van der Waals surface area contributed by atoms with Crippen LogP contribution in [0.1, 0.15) is 12.8 Å². The summed E-state index contributed by atoms with van der Waals surface area (Å²) in [6.45, 7) is 0.846. The zero-order valence-corrected chi connectivity index (χ0v) is 12.0. The number of benzene rings is 1. The molecule has 2 rings (SSSR count). The Bertz CT molecular complexity index is 575. The van der Waals surface area contributed by atoms with Crippen molar-refractivity contribution in [1.29, 1.82) is 0 Å². The molecule has 1 heterocycles. The average Bonchev–Trinajstić information content (AvgIpc) is 2.47. The largest absolute Gasteiger partial charge is 0.399 e. The van der Waals surface area contributed by atoms with Gasteiger partial charge in [0, 0.05) is 18.8 Å². The van der Waals surface area contributed by atoms with E-state index in [2.05, 4.69) is 0 Å². The fraction of sp³-hybridized carbons (Fsp3) is 0.462. The summed E-state index contributed by atoms with van der Waals surface area (Å²) in [5.41, 5.74) is 11.4. The maximum atomic E-state index is 12.5. The average molecular weight is 297 g/mol. The Morgan fingerprint density at radius 1 is 1.20 bits per heavy atom. The maximum Gasteiger partial charge on any atom is 0.236 e. The van der Waals surface area contributed by atoms with Crippen LogP contribution >= 0.6 is 0 Å². The molecule has 6 nitrogen and oxygen atoms in total. The molecule has 1 aromatic carbocycles. The van der Waals surface area contributed by atoms with Crippen molar-refractivity contribution < 1.29 is 13.2 Å². The van der Waals surface area contributed by atoms with Crippen LogP contribution in [0.3, 0.4) is 0 Å². The second-order valence-corrected chi connectivity index (χ2v) is 7.13. The third-order valence-corrected chi connectivity index (χ3v) is 5.90. The second kappa shape index (κ2) is 5.80.